The van der Waals surface area contributed by atoms with Crippen LogP contribution in [0.15, 0.2) is 51.7 Å². The maximum Gasteiger partial charge on any atom is 0.303 e. The highest BCUT2D eigenvalue weighted by Crippen LogP contribution is 2.28. The predicted molar refractivity (Wildman–Crippen MR) is 94.5 cm³/mol. The molecule has 0 aliphatic heterocycles. The number of benzene rings is 1. The lowest BCUT2D eigenvalue weighted by atomic mass is 10.2. The molecule has 0 radical (unpaired) electrons. The quantitative estimate of drug-likeness (QED) is 0.607. The van der Waals surface area contributed by atoms with Crippen LogP contribution in [-0.2, 0) is 11.3 Å². The van der Waals surface area contributed by atoms with Crippen LogP contribution in [0.5, 0.6) is 0 Å². The smallest absolute Gasteiger partial charge is 0.303 e. The second kappa shape index (κ2) is 5.66. The molecule has 0 unspecified atom stereocenters. The topological polar surface area (TPSA) is 76.8 Å². The Labute approximate surface area is 142 Å². The molecule has 0 aliphatic rings. The van der Waals surface area contributed by atoms with Crippen molar-refractivity contribution in [3.63, 3.8) is 0 Å². The molecule has 0 fully saturated rings. The van der Waals surface area contributed by atoms with E-state index in [1.807, 2.05) is 36.4 Å². The fraction of sp³-hybridized carbons (Fsp3) is 0.158. The molecule has 1 N–H and O–H groups in total. The van der Waals surface area contributed by atoms with Gasteiger partial charge < -0.3 is 9.52 Å². The number of hydrogen-bond acceptors (Lipinski definition) is 3. The van der Waals surface area contributed by atoms with Crippen LogP contribution >= 0.6 is 0 Å². The molecule has 0 saturated carbocycles. The molecule has 6 nitrogen and oxygen atoms in total. The van der Waals surface area contributed by atoms with Gasteiger partial charge in [-0.25, -0.2) is 0 Å². The summed E-state index contributed by atoms with van der Waals surface area (Å²) in [5.41, 5.74) is 2.35. The highest BCUT2D eigenvalue weighted by molar-refractivity contribution is 5.87. The van der Waals surface area contributed by atoms with E-state index in [2.05, 4.69) is 6.58 Å². The molecule has 0 aliphatic carbocycles. The van der Waals surface area contributed by atoms with Crippen molar-refractivity contribution in [3.8, 4) is 11.3 Å². The molecule has 3 aromatic heterocycles. The molecule has 0 atom stereocenters. The van der Waals surface area contributed by atoms with Crippen LogP contribution < -0.4 is 11.0 Å². The van der Waals surface area contributed by atoms with Crippen molar-refractivity contribution < 1.29 is 14.3 Å². The summed E-state index contributed by atoms with van der Waals surface area (Å²) in [6.45, 7) is 4.31. The second-order valence-corrected chi connectivity index (χ2v) is 5.97. The number of carboxylic acids is 1. The van der Waals surface area contributed by atoms with Crippen LogP contribution in [0.25, 0.3) is 34.5 Å². The normalized spacial score (nSPS) is 11.5. The number of carbonyl (C=O) groups is 1. The fourth-order valence-corrected chi connectivity index (χ4v) is 3.15. The van der Waals surface area contributed by atoms with Gasteiger partial charge in [0, 0.05) is 23.9 Å². The number of aliphatic carboxylic acids is 1. The monoisotopic (exact) mass is 336 g/mol. The number of hydrogen-bond donors (Lipinski definition) is 1. The maximum absolute atomic E-state index is 12.6. The summed E-state index contributed by atoms with van der Waals surface area (Å²) in [5.74, 6) is -0.150. The third-order valence-electron chi connectivity index (χ3n) is 4.34. The van der Waals surface area contributed by atoms with E-state index in [4.69, 9.17) is 9.52 Å². The van der Waals surface area contributed by atoms with E-state index in [1.165, 1.54) is 4.57 Å². The minimum absolute atomic E-state index is 0.0142. The van der Waals surface area contributed by atoms with Gasteiger partial charge in [0.1, 0.15) is 16.8 Å². The average molecular weight is 336 g/mol. The lowest BCUT2D eigenvalue weighted by Gasteiger charge is -1.99. The Morgan fingerprint density at radius 1 is 1.20 bits per heavy atom. The molecule has 126 valence electrons. The van der Waals surface area contributed by atoms with E-state index in [0.717, 1.165) is 16.7 Å². The largest absolute Gasteiger partial charge is 0.481 e. The van der Waals surface area contributed by atoms with Crippen LogP contribution in [0, 0.1) is 0 Å². The minimum atomic E-state index is -0.877. The Bertz CT molecular complexity index is 1180. The van der Waals surface area contributed by atoms with E-state index in [1.54, 1.807) is 10.5 Å². The highest BCUT2D eigenvalue weighted by Gasteiger charge is 2.17. The zero-order valence-electron chi connectivity index (χ0n) is 13.4. The van der Waals surface area contributed by atoms with Crippen molar-refractivity contribution in [1.29, 1.82) is 0 Å². The summed E-state index contributed by atoms with van der Waals surface area (Å²) < 4.78 is 9.18. The SMILES string of the molecule is C=c1n(CCCC(=O)O)c(=O)c2cc3cc(-c4ccccc4)oc3n12. The number of carboxylic acid groups (broad SMARTS) is 1. The van der Waals surface area contributed by atoms with E-state index < -0.39 is 5.97 Å². The van der Waals surface area contributed by atoms with Crippen molar-refractivity contribution in [1.82, 2.24) is 8.97 Å². The van der Waals surface area contributed by atoms with Crippen LogP contribution in [0.1, 0.15) is 12.8 Å². The van der Waals surface area contributed by atoms with E-state index >= 15 is 0 Å². The standard InChI is InChI=1S/C19H16N2O4/c1-12-20(9-5-8-17(22)23)18(24)15-10-14-11-16(25-19(14)21(12)15)13-6-3-2-4-7-13/h2-4,6-7,10-11H,1,5,8-9H2,(H,22,23). The summed E-state index contributed by atoms with van der Waals surface area (Å²) in [5, 5.41) is 9.60. The molecular formula is C19H16N2O4. The molecular weight excluding hydrogens is 320 g/mol. The van der Waals surface area contributed by atoms with E-state index in [-0.39, 0.29) is 12.0 Å². The summed E-state index contributed by atoms with van der Waals surface area (Å²) in [6.07, 6.45) is 0.391. The molecule has 4 rings (SSSR count). The maximum atomic E-state index is 12.6. The van der Waals surface area contributed by atoms with Crippen molar-refractivity contribution >= 4 is 29.2 Å². The van der Waals surface area contributed by atoms with Crippen molar-refractivity contribution in [2.45, 2.75) is 19.4 Å². The first-order valence-electron chi connectivity index (χ1n) is 8.00. The predicted octanol–water partition coefficient (Wildman–Crippen LogP) is 2.51. The van der Waals surface area contributed by atoms with Gasteiger partial charge in [-0.15, -0.1) is 0 Å². The van der Waals surface area contributed by atoms with E-state index in [9.17, 15) is 9.59 Å². The number of imidazole rings is 1. The zero-order valence-corrected chi connectivity index (χ0v) is 13.4. The third kappa shape index (κ3) is 2.42. The van der Waals surface area contributed by atoms with Gasteiger partial charge in [0.05, 0.1) is 0 Å². The van der Waals surface area contributed by atoms with Crippen molar-refractivity contribution in [3.05, 3.63) is 58.3 Å². The van der Waals surface area contributed by atoms with Gasteiger partial charge >= 0.3 is 5.97 Å². The molecule has 4 aromatic rings. The minimum Gasteiger partial charge on any atom is -0.481 e. The first kappa shape index (κ1) is 15.3. The van der Waals surface area contributed by atoms with Crippen LogP contribution in [0.2, 0.25) is 0 Å². The van der Waals surface area contributed by atoms with Crippen molar-refractivity contribution in [2.24, 2.45) is 0 Å². The second-order valence-electron chi connectivity index (χ2n) is 5.97. The summed E-state index contributed by atoms with van der Waals surface area (Å²) in [7, 11) is 0. The van der Waals surface area contributed by atoms with Crippen LogP contribution in [0.3, 0.4) is 0 Å². The zero-order chi connectivity index (χ0) is 17.6. The Morgan fingerprint density at radius 3 is 2.68 bits per heavy atom. The number of furan rings is 1. The third-order valence-corrected chi connectivity index (χ3v) is 4.34. The molecule has 25 heavy (non-hydrogen) atoms. The molecule has 1 aromatic carbocycles. The van der Waals surface area contributed by atoms with E-state index in [0.29, 0.717) is 29.7 Å². The van der Waals surface area contributed by atoms with Gasteiger partial charge in [-0.3, -0.25) is 18.6 Å². The van der Waals surface area contributed by atoms with Crippen LogP contribution in [-0.4, -0.2) is 20.0 Å². The molecule has 0 amide bonds. The first-order chi connectivity index (χ1) is 12.1. The Hall–Kier alpha value is -3.28. The Morgan fingerprint density at radius 2 is 1.96 bits per heavy atom. The average Bonchev–Trinajstić information content (AvgIpc) is 3.21. The number of nitrogens with zero attached hydrogens (tertiary/aromatic N) is 2. The van der Waals surface area contributed by atoms with Gasteiger partial charge in [-0.1, -0.05) is 36.9 Å². The summed E-state index contributed by atoms with van der Waals surface area (Å²) in [4.78, 5) is 23.2. The van der Waals surface area contributed by atoms with Gasteiger partial charge in [0.15, 0.2) is 0 Å². The lowest BCUT2D eigenvalue weighted by molar-refractivity contribution is -0.137. The number of fused-ring (bicyclic) bond motifs is 3. The Kier molecular flexibility index (Phi) is 3.46. The van der Waals surface area contributed by atoms with Gasteiger partial charge in [0.25, 0.3) is 5.56 Å². The fourth-order valence-electron chi connectivity index (χ4n) is 3.15. The van der Waals surface area contributed by atoms with Crippen molar-refractivity contribution in [2.75, 3.05) is 0 Å². The van der Waals surface area contributed by atoms with Gasteiger partial charge in [-0.2, -0.15) is 0 Å². The molecule has 3 heterocycles. The summed E-state index contributed by atoms with van der Waals surface area (Å²) in [6, 6.07) is 13.4. The highest BCUT2D eigenvalue weighted by atomic mass is 16.4. The lowest BCUT2D eigenvalue weighted by Crippen LogP contribution is -2.27. The van der Waals surface area contributed by atoms with Crippen LogP contribution in [0.4, 0.5) is 0 Å². The Balaban J connectivity index is 1.81. The first-order valence-corrected chi connectivity index (χ1v) is 8.00. The summed E-state index contributed by atoms with van der Waals surface area (Å²) >= 11 is 0. The number of rotatable bonds is 5. The molecule has 6 heteroatoms. The van der Waals surface area contributed by atoms with Gasteiger partial charge in [0.2, 0.25) is 5.71 Å². The number of aromatic nitrogens is 2. The molecule has 0 saturated heterocycles. The van der Waals surface area contributed by atoms with Gasteiger partial charge in [-0.05, 0) is 18.6 Å². The molecule has 0 bridgehead atoms. The molecule has 0 spiro atoms.